The number of benzene rings is 1. The Morgan fingerprint density at radius 1 is 1.56 bits per heavy atom. The first-order valence-electron chi connectivity index (χ1n) is 4.47. The fraction of sp³-hybridized carbons (Fsp3) is 0.300. The number of nitrogens with two attached hydrogens (primary N) is 1. The molecule has 0 aliphatic heterocycles. The van der Waals surface area contributed by atoms with Crippen LogP contribution < -0.4 is 10.5 Å². The van der Waals surface area contributed by atoms with Crippen molar-refractivity contribution >= 4 is 29.2 Å². The molecule has 1 atom stereocenters. The lowest BCUT2D eigenvalue weighted by Crippen LogP contribution is -2.21. The van der Waals surface area contributed by atoms with E-state index < -0.39 is 11.9 Å². The molecule has 6 heteroatoms. The number of hydrogen-bond acceptors (Lipinski definition) is 3. The third kappa shape index (κ3) is 2.58. The van der Waals surface area contributed by atoms with Crippen LogP contribution in [0.4, 0.5) is 0 Å². The Morgan fingerprint density at radius 3 is 2.62 bits per heavy atom. The van der Waals surface area contributed by atoms with Gasteiger partial charge in [-0.2, -0.15) is 0 Å². The molecule has 0 fully saturated rings. The zero-order chi connectivity index (χ0) is 12.3. The SMILES string of the molecule is COc1c(Cl)cc(Cl)cc1C(CN)C(=O)O. The molecule has 88 valence electrons. The summed E-state index contributed by atoms with van der Waals surface area (Å²) in [6, 6.07) is 2.98. The average Bonchev–Trinajstić information content (AvgIpc) is 2.17. The number of carboxylic acids is 1. The molecule has 1 unspecified atom stereocenters. The van der Waals surface area contributed by atoms with E-state index in [1.54, 1.807) is 0 Å². The number of hydrogen-bond donors (Lipinski definition) is 2. The summed E-state index contributed by atoms with van der Waals surface area (Å²) in [5.74, 6) is -1.63. The Labute approximate surface area is 103 Å². The van der Waals surface area contributed by atoms with E-state index in [9.17, 15) is 4.79 Å². The Balaban J connectivity index is 3.34. The van der Waals surface area contributed by atoms with E-state index in [1.807, 2.05) is 0 Å². The molecule has 0 spiro atoms. The van der Waals surface area contributed by atoms with Crippen LogP contribution in [0.2, 0.25) is 10.0 Å². The van der Waals surface area contributed by atoms with Crippen molar-refractivity contribution in [2.24, 2.45) is 5.73 Å². The summed E-state index contributed by atoms with van der Waals surface area (Å²) >= 11 is 11.7. The van der Waals surface area contributed by atoms with Crippen LogP contribution in [0.1, 0.15) is 11.5 Å². The van der Waals surface area contributed by atoms with Gasteiger partial charge in [-0.1, -0.05) is 23.2 Å². The lowest BCUT2D eigenvalue weighted by molar-refractivity contribution is -0.138. The number of aliphatic carboxylic acids is 1. The maximum absolute atomic E-state index is 11.0. The van der Waals surface area contributed by atoms with Gasteiger partial charge in [0.05, 0.1) is 18.1 Å². The number of methoxy groups -OCH3 is 1. The highest BCUT2D eigenvalue weighted by Crippen LogP contribution is 2.36. The second kappa shape index (κ2) is 5.39. The molecular weight excluding hydrogens is 253 g/mol. The molecule has 0 saturated heterocycles. The largest absolute Gasteiger partial charge is 0.495 e. The van der Waals surface area contributed by atoms with E-state index in [4.69, 9.17) is 38.8 Å². The molecule has 16 heavy (non-hydrogen) atoms. The van der Waals surface area contributed by atoms with Crippen molar-refractivity contribution in [3.63, 3.8) is 0 Å². The standard InChI is InChI=1S/C10H11Cl2NO3/c1-16-9-6(7(4-13)10(14)15)2-5(11)3-8(9)12/h2-3,7H,4,13H2,1H3,(H,14,15). The zero-order valence-electron chi connectivity index (χ0n) is 8.54. The summed E-state index contributed by atoms with van der Waals surface area (Å²) in [4.78, 5) is 11.0. The maximum atomic E-state index is 11.0. The van der Waals surface area contributed by atoms with Crippen molar-refractivity contribution in [3.8, 4) is 5.75 Å². The molecule has 0 aliphatic rings. The van der Waals surface area contributed by atoms with Crippen LogP contribution in [0.3, 0.4) is 0 Å². The van der Waals surface area contributed by atoms with Gasteiger partial charge in [-0.25, -0.2) is 0 Å². The Hall–Kier alpha value is -0.970. The Bertz CT molecular complexity index is 409. The number of rotatable bonds is 4. The van der Waals surface area contributed by atoms with Crippen LogP contribution in [0, 0.1) is 0 Å². The monoisotopic (exact) mass is 263 g/mol. The van der Waals surface area contributed by atoms with E-state index in [0.29, 0.717) is 16.3 Å². The van der Waals surface area contributed by atoms with Crippen LogP contribution in [0.5, 0.6) is 5.75 Å². The van der Waals surface area contributed by atoms with Crippen LogP contribution in [-0.2, 0) is 4.79 Å². The molecule has 1 aromatic carbocycles. The van der Waals surface area contributed by atoms with Crippen molar-refractivity contribution in [2.45, 2.75) is 5.92 Å². The topological polar surface area (TPSA) is 72.5 Å². The Kier molecular flexibility index (Phi) is 4.41. The van der Waals surface area contributed by atoms with Crippen LogP contribution >= 0.6 is 23.2 Å². The van der Waals surface area contributed by atoms with Gasteiger partial charge in [0.25, 0.3) is 0 Å². The van der Waals surface area contributed by atoms with Gasteiger partial charge in [0.1, 0.15) is 5.75 Å². The van der Waals surface area contributed by atoms with Crippen molar-refractivity contribution in [2.75, 3.05) is 13.7 Å². The van der Waals surface area contributed by atoms with Gasteiger partial charge in [-0.05, 0) is 12.1 Å². The van der Waals surface area contributed by atoms with E-state index in [2.05, 4.69) is 0 Å². The number of halogens is 2. The average molecular weight is 264 g/mol. The van der Waals surface area contributed by atoms with Crippen LogP contribution in [0.25, 0.3) is 0 Å². The predicted octanol–water partition coefficient (Wildman–Crippen LogP) is 2.13. The minimum atomic E-state index is -1.04. The van der Waals surface area contributed by atoms with Gasteiger partial charge in [0.2, 0.25) is 0 Å². The molecule has 0 radical (unpaired) electrons. The summed E-state index contributed by atoms with van der Waals surface area (Å²) in [5.41, 5.74) is 5.79. The first-order valence-corrected chi connectivity index (χ1v) is 5.22. The van der Waals surface area contributed by atoms with Gasteiger partial charge in [-0.15, -0.1) is 0 Å². The molecule has 0 aliphatic carbocycles. The number of ether oxygens (including phenoxy) is 1. The molecule has 0 aromatic heterocycles. The molecule has 0 saturated carbocycles. The normalized spacial score (nSPS) is 12.2. The van der Waals surface area contributed by atoms with E-state index >= 15 is 0 Å². The minimum Gasteiger partial charge on any atom is -0.495 e. The molecule has 4 nitrogen and oxygen atoms in total. The fourth-order valence-electron chi connectivity index (χ4n) is 1.42. The molecular formula is C10H11Cl2NO3. The summed E-state index contributed by atoms with van der Waals surface area (Å²) in [6.45, 7) is -0.0532. The second-order valence-electron chi connectivity index (χ2n) is 3.14. The van der Waals surface area contributed by atoms with Crippen molar-refractivity contribution < 1.29 is 14.6 Å². The third-order valence-corrected chi connectivity index (χ3v) is 2.65. The van der Waals surface area contributed by atoms with E-state index in [-0.39, 0.29) is 11.6 Å². The number of carbonyl (C=O) groups is 1. The highest BCUT2D eigenvalue weighted by molar-refractivity contribution is 6.35. The first kappa shape index (κ1) is 13.1. The highest BCUT2D eigenvalue weighted by atomic mass is 35.5. The summed E-state index contributed by atoms with van der Waals surface area (Å²) in [7, 11) is 1.41. The van der Waals surface area contributed by atoms with Gasteiger partial charge in [0, 0.05) is 17.1 Å². The van der Waals surface area contributed by atoms with Gasteiger partial charge >= 0.3 is 5.97 Å². The smallest absolute Gasteiger partial charge is 0.312 e. The van der Waals surface area contributed by atoms with Crippen LogP contribution in [-0.4, -0.2) is 24.7 Å². The second-order valence-corrected chi connectivity index (χ2v) is 3.98. The maximum Gasteiger partial charge on any atom is 0.312 e. The third-order valence-electron chi connectivity index (χ3n) is 2.15. The van der Waals surface area contributed by atoms with E-state index in [0.717, 1.165) is 0 Å². The summed E-state index contributed by atoms with van der Waals surface area (Å²) in [6.07, 6.45) is 0. The molecule has 1 rings (SSSR count). The fourth-order valence-corrected chi connectivity index (χ4v) is 2.00. The van der Waals surface area contributed by atoms with Crippen molar-refractivity contribution in [3.05, 3.63) is 27.7 Å². The highest BCUT2D eigenvalue weighted by Gasteiger charge is 2.24. The van der Waals surface area contributed by atoms with Crippen molar-refractivity contribution in [1.82, 2.24) is 0 Å². The molecule has 0 amide bonds. The van der Waals surface area contributed by atoms with Crippen molar-refractivity contribution in [1.29, 1.82) is 0 Å². The summed E-state index contributed by atoms with van der Waals surface area (Å²) in [5, 5.41) is 9.62. The summed E-state index contributed by atoms with van der Waals surface area (Å²) < 4.78 is 5.05. The molecule has 1 aromatic rings. The lowest BCUT2D eigenvalue weighted by Gasteiger charge is -2.15. The Morgan fingerprint density at radius 2 is 2.19 bits per heavy atom. The zero-order valence-corrected chi connectivity index (χ0v) is 10.0. The predicted molar refractivity (Wildman–Crippen MR) is 62.4 cm³/mol. The molecule has 0 bridgehead atoms. The van der Waals surface area contributed by atoms with Crippen LogP contribution in [0.15, 0.2) is 12.1 Å². The minimum absolute atomic E-state index is 0.0532. The molecule has 0 heterocycles. The lowest BCUT2D eigenvalue weighted by atomic mass is 9.98. The molecule has 3 N–H and O–H groups in total. The number of carboxylic acid groups (broad SMARTS) is 1. The van der Waals surface area contributed by atoms with E-state index in [1.165, 1.54) is 19.2 Å². The van der Waals surface area contributed by atoms with Gasteiger partial charge < -0.3 is 15.6 Å². The first-order chi connectivity index (χ1) is 7.51. The quantitative estimate of drug-likeness (QED) is 0.873. The van der Waals surface area contributed by atoms with Gasteiger partial charge in [-0.3, -0.25) is 4.79 Å². The van der Waals surface area contributed by atoms with Gasteiger partial charge in [0.15, 0.2) is 0 Å².